The molecule has 1 amide bonds. The lowest BCUT2D eigenvalue weighted by Gasteiger charge is -2.29. The largest absolute Gasteiger partial charge is 0.489 e. The second kappa shape index (κ2) is 4.42. The summed E-state index contributed by atoms with van der Waals surface area (Å²) in [5.41, 5.74) is 0.238. The Hall–Kier alpha value is -1.88. The van der Waals surface area contributed by atoms with Gasteiger partial charge in [-0.3, -0.25) is 9.69 Å². The number of ether oxygens (including phenoxy) is 1. The highest BCUT2D eigenvalue weighted by Crippen LogP contribution is 2.35. The summed E-state index contributed by atoms with van der Waals surface area (Å²) in [6, 6.07) is 8.13. The van der Waals surface area contributed by atoms with Crippen LogP contribution in [0.25, 0.3) is 0 Å². The number of hydrogen-bond acceptors (Lipinski definition) is 3. The molecule has 92 valence electrons. The van der Waals surface area contributed by atoms with Gasteiger partial charge in [0, 0.05) is 0 Å². The lowest BCUT2D eigenvalue weighted by Crippen LogP contribution is -2.38. The summed E-state index contributed by atoms with van der Waals surface area (Å²) in [5.74, 6) is -0.192. The molecule has 0 spiro atoms. The number of carbonyl (C=O) groups excluding carboxylic acids is 1. The predicted molar refractivity (Wildman–Crippen MR) is 67.9 cm³/mol. The molecule has 1 aliphatic heterocycles. The molecule has 0 saturated carbocycles. The molecule has 2 heterocycles. The maximum atomic E-state index is 13.9. The molecule has 18 heavy (non-hydrogen) atoms. The third kappa shape index (κ3) is 1.76. The molecule has 0 aliphatic carbocycles. The lowest BCUT2D eigenvalue weighted by molar-refractivity contribution is 0.0979. The highest BCUT2D eigenvalue weighted by Gasteiger charge is 2.27. The summed E-state index contributed by atoms with van der Waals surface area (Å²) in [4.78, 5) is 14.3. The van der Waals surface area contributed by atoms with Gasteiger partial charge in [0.15, 0.2) is 5.82 Å². The van der Waals surface area contributed by atoms with E-state index in [1.54, 1.807) is 24.3 Å². The molecule has 3 nitrogen and oxygen atoms in total. The van der Waals surface area contributed by atoms with Crippen LogP contribution < -0.4 is 9.64 Å². The quantitative estimate of drug-likeness (QED) is 0.791. The van der Waals surface area contributed by atoms with Crippen LogP contribution in [0.1, 0.15) is 9.67 Å². The van der Waals surface area contributed by atoms with Gasteiger partial charge in [-0.25, -0.2) is 4.39 Å². The topological polar surface area (TPSA) is 29.5 Å². The van der Waals surface area contributed by atoms with Crippen molar-refractivity contribution in [1.29, 1.82) is 0 Å². The predicted octanol–water partition coefficient (Wildman–Crippen LogP) is 2.93. The maximum Gasteiger partial charge on any atom is 0.268 e. The molecule has 1 aliphatic rings. The lowest BCUT2D eigenvalue weighted by atomic mass is 10.2. The number of rotatable bonds is 1. The third-order valence-corrected chi connectivity index (χ3v) is 3.63. The molecule has 0 radical (unpaired) electrons. The van der Waals surface area contributed by atoms with E-state index in [4.69, 9.17) is 4.74 Å². The van der Waals surface area contributed by atoms with Gasteiger partial charge in [0.05, 0.1) is 11.4 Å². The number of hydrogen-bond donors (Lipinski definition) is 0. The summed E-state index contributed by atoms with van der Waals surface area (Å²) >= 11 is 1.35. The zero-order chi connectivity index (χ0) is 12.5. The minimum atomic E-state index is -0.433. The van der Waals surface area contributed by atoms with Gasteiger partial charge in [-0.2, -0.15) is 0 Å². The molecule has 3 rings (SSSR count). The van der Waals surface area contributed by atoms with Crippen molar-refractivity contribution in [3.8, 4) is 5.75 Å². The Morgan fingerprint density at radius 1 is 1.33 bits per heavy atom. The molecule has 0 N–H and O–H groups in total. The van der Waals surface area contributed by atoms with Gasteiger partial charge < -0.3 is 4.74 Å². The molecular formula is C13H10FNO2S. The van der Waals surface area contributed by atoms with Gasteiger partial charge in [0.1, 0.15) is 18.0 Å². The molecule has 0 atom stereocenters. The first-order chi connectivity index (χ1) is 8.77. The molecule has 0 unspecified atom stereocenters. The van der Waals surface area contributed by atoms with E-state index in [1.165, 1.54) is 22.3 Å². The minimum Gasteiger partial charge on any atom is -0.489 e. The minimum absolute atomic E-state index is 0.181. The number of thiophene rings is 1. The van der Waals surface area contributed by atoms with E-state index >= 15 is 0 Å². The zero-order valence-corrected chi connectivity index (χ0v) is 10.2. The summed E-state index contributed by atoms with van der Waals surface area (Å²) in [6.45, 7) is 0.748. The van der Waals surface area contributed by atoms with Crippen molar-refractivity contribution >= 4 is 22.9 Å². The monoisotopic (exact) mass is 263 g/mol. The summed E-state index contributed by atoms with van der Waals surface area (Å²) in [6.07, 6.45) is 0. The Bertz CT molecular complexity index is 583. The fourth-order valence-electron chi connectivity index (χ4n) is 1.97. The number of fused-ring (bicyclic) bond motifs is 1. The normalized spacial score (nSPS) is 13.9. The number of carbonyl (C=O) groups is 1. The Morgan fingerprint density at radius 3 is 3.00 bits per heavy atom. The smallest absolute Gasteiger partial charge is 0.268 e. The Labute approximate surface area is 107 Å². The zero-order valence-electron chi connectivity index (χ0n) is 9.43. The van der Waals surface area contributed by atoms with Gasteiger partial charge in [0.2, 0.25) is 0 Å². The van der Waals surface area contributed by atoms with Gasteiger partial charge >= 0.3 is 0 Å². The van der Waals surface area contributed by atoms with Crippen molar-refractivity contribution in [2.75, 3.05) is 18.1 Å². The van der Waals surface area contributed by atoms with Crippen molar-refractivity contribution < 1.29 is 13.9 Å². The highest BCUT2D eigenvalue weighted by atomic mass is 32.1. The van der Waals surface area contributed by atoms with Crippen molar-refractivity contribution in [3.05, 3.63) is 46.4 Å². The first kappa shape index (κ1) is 11.2. The van der Waals surface area contributed by atoms with Gasteiger partial charge in [0.25, 0.3) is 5.91 Å². The van der Waals surface area contributed by atoms with Crippen LogP contribution in [0.3, 0.4) is 0 Å². The van der Waals surface area contributed by atoms with Crippen LogP contribution in [-0.4, -0.2) is 19.1 Å². The van der Waals surface area contributed by atoms with Crippen LogP contribution in [0, 0.1) is 5.82 Å². The van der Waals surface area contributed by atoms with Crippen molar-refractivity contribution in [2.24, 2.45) is 0 Å². The van der Waals surface area contributed by atoms with E-state index in [2.05, 4.69) is 0 Å². The van der Waals surface area contributed by atoms with Crippen LogP contribution in [0.2, 0.25) is 0 Å². The van der Waals surface area contributed by atoms with Gasteiger partial charge in [-0.15, -0.1) is 11.3 Å². The third-order valence-electron chi connectivity index (χ3n) is 2.77. The molecule has 1 aromatic carbocycles. The second-order valence-corrected chi connectivity index (χ2v) is 4.82. The Kier molecular flexibility index (Phi) is 2.76. The fourth-order valence-corrected chi connectivity index (χ4v) is 2.64. The van der Waals surface area contributed by atoms with Crippen molar-refractivity contribution in [1.82, 2.24) is 0 Å². The van der Waals surface area contributed by atoms with Crippen LogP contribution >= 0.6 is 11.3 Å². The van der Waals surface area contributed by atoms with Gasteiger partial charge in [-0.1, -0.05) is 12.1 Å². The first-order valence-electron chi connectivity index (χ1n) is 5.54. The van der Waals surface area contributed by atoms with E-state index < -0.39 is 5.82 Å². The van der Waals surface area contributed by atoms with Crippen molar-refractivity contribution in [3.63, 3.8) is 0 Å². The van der Waals surface area contributed by atoms with E-state index in [1.807, 2.05) is 5.38 Å². The highest BCUT2D eigenvalue weighted by molar-refractivity contribution is 7.12. The van der Waals surface area contributed by atoms with Crippen LogP contribution in [0.15, 0.2) is 35.7 Å². The van der Waals surface area contributed by atoms with E-state index in [0.29, 0.717) is 23.8 Å². The van der Waals surface area contributed by atoms with Gasteiger partial charge in [-0.05, 0) is 23.6 Å². The SMILES string of the molecule is O=C(c1cccs1)N1CCOc2cccc(F)c21. The Morgan fingerprint density at radius 2 is 2.22 bits per heavy atom. The molecular weight excluding hydrogens is 253 g/mol. The molecule has 1 aromatic heterocycles. The summed E-state index contributed by atoms with van der Waals surface area (Å²) < 4.78 is 19.2. The maximum absolute atomic E-state index is 13.9. The van der Waals surface area contributed by atoms with Crippen LogP contribution in [0.5, 0.6) is 5.75 Å². The van der Waals surface area contributed by atoms with E-state index in [9.17, 15) is 9.18 Å². The Balaban J connectivity index is 2.04. The average Bonchev–Trinajstić information content (AvgIpc) is 2.91. The first-order valence-corrected chi connectivity index (χ1v) is 6.42. The van der Waals surface area contributed by atoms with Crippen molar-refractivity contribution in [2.45, 2.75) is 0 Å². The number of nitrogens with zero attached hydrogens (tertiary/aromatic N) is 1. The van der Waals surface area contributed by atoms with E-state index in [0.717, 1.165) is 0 Å². The number of para-hydroxylation sites is 1. The molecule has 0 saturated heterocycles. The van der Waals surface area contributed by atoms with E-state index in [-0.39, 0.29) is 11.6 Å². The molecule has 0 fully saturated rings. The van der Waals surface area contributed by atoms with Crippen LogP contribution in [0.4, 0.5) is 10.1 Å². The summed E-state index contributed by atoms with van der Waals surface area (Å²) in [5, 5.41) is 1.83. The molecule has 2 aromatic rings. The average molecular weight is 263 g/mol. The standard InChI is InChI=1S/C13H10FNO2S/c14-9-3-1-4-10-12(9)15(6-7-17-10)13(16)11-5-2-8-18-11/h1-5,8H,6-7H2. The molecule has 0 bridgehead atoms. The molecule has 5 heteroatoms. The number of halogens is 1. The van der Waals surface area contributed by atoms with Crippen LogP contribution in [-0.2, 0) is 0 Å². The second-order valence-electron chi connectivity index (χ2n) is 3.87. The number of benzene rings is 1. The fraction of sp³-hybridized carbons (Fsp3) is 0.154. The number of anilines is 1. The number of amides is 1. The summed E-state index contributed by atoms with van der Waals surface area (Å²) in [7, 11) is 0.